The number of anilines is 2. The minimum atomic E-state index is -0.485. The van der Waals surface area contributed by atoms with Gasteiger partial charge in [-0.3, -0.25) is 9.59 Å². The Kier molecular flexibility index (Phi) is 6.87. The van der Waals surface area contributed by atoms with Crippen LogP contribution in [0.3, 0.4) is 0 Å². The van der Waals surface area contributed by atoms with Crippen molar-refractivity contribution < 1.29 is 19.1 Å². The van der Waals surface area contributed by atoms with Crippen LogP contribution in [-0.2, 0) is 9.53 Å². The van der Waals surface area contributed by atoms with Gasteiger partial charge in [-0.25, -0.2) is 4.79 Å². The fraction of sp³-hybridized carbons (Fsp3) is 0.208. The SMILES string of the molecule is CCOC(=O)c1c(-c2ccc(C)cc2C)csc1NC(=O)c1cccc(NC(C)=O)c1. The van der Waals surface area contributed by atoms with Crippen molar-refractivity contribution in [3.8, 4) is 11.1 Å². The van der Waals surface area contributed by atoms with Crippen LogP contribution in [0.25, 0.3) is 11.1 Å². The third-order valence-corrected chi connectivity index (χ3v) is 5.51. The monoisotopic (exact) mass is 436 g/mol. The molecule has 0 radical (unpaired) electrons. The van der Waals surface area contributed by atoms with Crippen molar-refractivity contribution in [3.63, 3.8) is 0 Å². The van der Waals surface area contributed by atoms with Crippen molar-refractivity contribution >= 4 is 39.8 Å². The maximum Gasteiger partial charge on any atom is 0.341 e. The molecule has 0 aliphatic heterocycles. The molecule has 3 rings (SSSR count). The van der Waals surface area contributed by atoms with Gasteiger partial charge < -0.3 is 15.4 Å². The molecule has 0 saturated carbocycles. The molecule has 3 aromatic rings. The number of carbonyl (C=O) groups excluding carboxylic acids is 3. The highest BCUT2D eigenvalue weighted by Crippen LogP contribution is 2.38. The van der Waals surface area contributed by atoms with Crippen molar-refractivity contribution in [2.45, 2.75) is 27.7 Å². The van der Waals surface area contributed by atoms with E-state index < -0.39 is 5.97 Å². The Hall–Kier alpha value is -3.45. The summed E-state index contributed by atoms with van der Waals surface area (Å²) in [7, 11) is 0. The van der Waals surface area contributed by atoms with Crippen LogP contribution < -0.4 is 10.6 Å². The van der Waals surface area contributed by atoms with Gasteiger partial charge >= 0.3 is 5.97 Å². The van der Waals surface area contributed by atoms with Gasteiger partial charge in [-0.15, -0.1) is 11.3 Å². The van der Waals surface area contributed by atoms with E-state index in [0.717, 1.165) is 22.3 Å². The van der Waals surface area contributed by atoms with Gasteiger partial charge in [0.2, 0.25) is 5.91 Å². The van der Waals surface area contributed by atoms with Gasteiger partial charge in [-0.2, -0.15) is 0 Å². The standard InChI is InChI=1S/C24H24N2O4S/c1-5-30-24(29)21-20(19-10-9-14(2)11-15(19)3)13-31-23(21)26-22(28)17-7-6-8-18(12-17)25-16(4)27/h6-13H,5H2,1-4H3,(H,25,27)(H,26,28). The van der Waals surface area contributed by atoms with Gasteiger partial charge in [0, 0.05) is 29.1 Å². The van der Waals surface area contributed by atoms with Gasteiger partial charge in [0.1, 0.15) is 10.6 Å². The van der Waals surface area contributed by atoms with E-state index in [0.29, 0.717) is 21.8 Å². The highest BCUT2D eigenvalue weighted by Gasteiger charge is 2.24. The molecule has 0 atom stereocenters. The van der Waals surface area contributed by atoms with E-state index in [2.05, 4.69) is 10.6 Å². The maximum atomic E-state index is 12.9. The van der Waals surface area contributed by atoms with Gasteiger partial charge in [0.15, 0.2) is 0 Å². The molecule has 1 aromatic heterocycles. The average Bonchev–Trinajstić information content (AvgIpc) is 3.11. The highest BCUT2D eigenvalue weighted by molar-refractivity contribution is 7.15. The first kappa shape index (κ1) is 22.2. The summed E-state index contributed by atoms with van der Waals surface area (Å²) in [6.45, 7) is 7.37. The Labute approximate surface area is 185 Å². The average molecular weight is 437 g/mol. The van der Waals surface area contributed by atoms with Gasteiger partial charge in [0.05, 0.1) is 6.61 Å². The lowest BCUT2D eigenvalue weighted by Gasteiger charge is -2.11. The summed E-state index contributed by atoms with van der Waals surface area (Å²) < 4.78 is 5.27. The zero-order valence-corrected chi connectivity index (χ0v) is 18.7. The van der Waals surface area contributed by atoms with Crippen LogP contribution >= 0.6 is 11.3 Å². The number of aryl methyl sites for hydroxylation is 2. The lowest BCUT2D eigenvalue weighted by atomic mass is 9.97. The van der Waals surface area contributed by atoms with Crippen LogP contribution in [0, 0.1) is 13.8 Å². The summed E-state index contributed by atoms with van der Waals surface area (Å²) in [6, 6.07) is 12.6. The summed E-state index contributed by atoms with van der Waals surface area (Å²) in [5.41, 5.74) is 5.02. The first-order chi connectivity index (χ1) is 14.8. The second-order valence-corrected chi connectivity index (χ2v) is 7.99. The predicted octanol–water partition coefficient (Wildman–Crippen LogP) is 5.42. The molecule has 1 heterocycles. The molecular formula is C24H24N2O4S. The van der Waals surface area contributed by atoms with Crippen LogP contribution in [0.4, 0.5) is 10.7 Å². The maximum absolute atomic E-state index is 12.9. The summed E-state index contributed by atoms with van der Waals surface area (Å²) >= 11 is 1.27. The number of amides is 2. The summed E-state index contributed by atoms with van der Waals surface area (Å²) in [5.74, 6) is -1.09. The van der Waals surface area contributed by atoms with Crippen LogP contribution in [0.1, 0.15) is 45.7 Å². The quantitative estimate of drug-likeness (QED) is 0.505. The molecule has 0 bridgehead atoms. The van der Waals surface area contributed by atoms with Crippen molar-refractivity contribution in [3.05, 3.63) is 70.1 Å². The minimum Gasteiger partial charge on any atom is -0.462 e. The molecule has 160 valence electrons. The minimum absolute atomic E-state index is 0.224. The molecular weight excluding hydrogens is 412 g/mol. The molecule has 0 saturated heterocycles. The van der Waals surface area contributed by atoms with Crippen molar-refractivity contribution in [1.82, 2.24) is 0 Å². The number of nitrogens with one attached hydrogen (secondary N) is 2. The lowest BCUT2D eigenvalue weighted by Crippen LogP contribution is -2.15. The molecule has 0 unspecified atom stereocenters. The topological polar surface area (TPSA) is 84.5 Å². The summed E-state index contributed by atoms with van der Waals surface area (Å²) in [6.07, 6.45) is 0. The van der Waals surface area contributed by atoms with E-state index >= 15 is 0 Å². The van der Waals surface area contributed by atoms with Gasteiger partial charge in [-0.1, -0.05) is 29.8 Å². The predicted molar refractivity (Wildman–Crippen MR) is 124 cm³/mol. The van der Waals surface area contributed by atoms with Crippen LogP contribution in [-0.4, -0.2) is 24.4 Å². The number of hydrogen-bond acceptors (Lipinski definition) is 5. The van der Waals surface area contributed by atoms with Crippen LogP contribution in [0.15, 0.2) is 47.8 Å². The fourth-order valence-corrected chi connectivity index (χ4v) is 4.23. The summed E-state index contributed by atoms with van der Waals surface area (Å²) in [5, 5.41) is 7.76. The van der Waals surface area contributed by atoms with Gasteiger partial charge in [-0.05, 0) is 50.1 Å². The number of thiophene rings is 1. The lowest BCUT2D eigenvalue weighted by molar-refractivity contribution is -0.114. The Morgan fingerprint density at radius 2 is 1.77 bits per heavy atom. The van der Waals surface area contributed by atoms with Crippen molar-refractivity contribution in [2.24, 2.45) is 0 Å². The van der Waals surface area contributed by atoms with Gasteiger partial charge in [0.25, 0.3) is 5.91 Å². The van der Waals surface area contributed by atoms with Crippen molar-refractivity contribution in [2.75, 3.05) is 17.2 Å². The normalized spacial score (nSPS) is 10.5. The zero-order chi connectivity index (χ0) is 22.5. The molecule has 7 heteroatoms. The van der Waals surface area contributed by atoms with Crippen LogP contribution in [0.2, 0.25) is 0 Å². The van der Waals surface area contributed by atoms with Crippen molar-refractivity contribution in [1.29, 1.82) is 0 Å². The summed E-state index contributed by atoms with van der Waals surface area (Å²) in [4.78, 5) is 36.9. The third-order valence-electron chi connectivity index (χ3n) is 4.61. The van der Waals surface area contributed by atoms with E-state index in [1.54, 1.807) is 31.2 Å². The fourth-order valence-electron chi connectivity index (χ4n) is 3.29. The number of benzene rings is 2. The zero-order valence-electron chi connectivity index (χ0n) is 17.9. The number of hydrogen-bond donors (Lipinski definition) is 2. The number of ether oxygens (including phenoxy) is 1. The Morgan fingerprint density at radius 3 is 2.45 bits per heavy atom. The molecule has 0 aliphatic carbocycles. The third kappa shape index (κ3) is 5.19. The highest BCUT2D eigenvalue weighted by atomic mass is 32.1. The van der Waals surface area contributed by atoms with E-state index in [4.69, 9.17) is 4.74 Å². The molecule has 31 heavy (non-hydrogen) atoms. The number of rotatable bonds is 6. The second kappa shape index (κ2) is 9.57. The molecule has 2 aromatic carbocycles. The number of carbonyl (C=O) groups is 3. The first-order valence-electron chi connectivity index (χ1n) is 9.85. The first-order valence-corrected chi connectivity index (χ1v) is 10.7. The number of esters is 1. The Bertz CT molecular complexity index is 1150. The Balaban J connectivity index is 1.98. The Morgan fingerprint density at radius 1 is 1.00 bits per heavy atom. The molecule has 2 amide bonds. The molecule has 2 N–H and O–H groups in total. The second-order valence-electron chi connectivity index (χ2n) is 7.11. The smallest absolute Gasteiger partial charge is 0.341 e. The van der Waals surface area contributed by atoms with E-state index in [1.807, 2.05) is 37.4 Å². The molecule has 6 nitrogen and oxygen atoms in total. The van der Waals surface area contributed by atoms with E-state index in [9.17, 15) is 14.4 Å². The van der Waals surface area contributed by atoms with Crippen LogP contribution in [0.5, 0.6) is 0 Å². The largest absolute Gasteiger partial charge is 0.462 e. The molecule has 0 spiro atoms. The molecule has 0 fully saturated rings. The molecule has 0 aliphatic rings. The van der Waals surface area contributed by atoms with E-state index in [1.165, 1.54) is 18.3 Å². The van der Waals surface area contributed by atoms with E-state index in [-0.39, 0.29) is 18.4 Å².